The first-order valence-electron chi connectivity index (χ1n) is 8.67. The highest BCUT2D eigenvalue weighted by molar-refractivity contribution is 6.08. The summed E-state index contributed by atoms with van der Waals surface area (Å²) in [4.78, 5) is 3.59. The molecule has 0 aliphatic carbocycles. The van der Waals surface area contributed by atoms with E-state index in [2.05, 4.69) is 96.9 Å². The van der Waals surface area contributed by atoms with Crippen molar-refractivity contribution in [2.75, 3.05) is 0 Å². The molecule has 4 rings (SSSR count). The standard InChI is InChI=1S/C24H21N/c1-3-4-8-17(2)19-11-13-21-22-14-12-20(18-9-6-5-7-10-18)16-24(22)25-23(21)15-19/h3-16,25H,1-2H3/b4-3-,17-8+. The van der Waals surface area contributed by atoms with E-state index >= 15 is 0 Å². The van der Waals surface area contributed by atoms with Crippen LogP contribution in [0, 0.1) is 0 Å². The quantitative estimate of drug-likeness (QED) is 0.392. The van der Waals surface area contributed by atoms with Gasteiger partial charge in [-0.25, -0.2) is 0 Å². The maximum absolute atomic E-state index is 3.59. The summed E-state index contributed by atoms with van der Waals surface area (Å²) in [5.41, 5.74) is 7.37. The molecule has 1 nitrogen and oxygen atoms in total. The molecule has 122 valence electrons. The van der Waals surface area contributed by atoms with Gasteiger partial charge in [-0.15, -0.1) is 0 Å². The van der Waals surface area contributed by atoms with Crippen LogP contribution < -0.4 is 0 Å². The average Bonchev–Trinajstić information content (AvgIpc) is 3.03. The highest BCUT2D eigenvalue weighted by Gasteiger charge is 2.07. The molecule has 3 aromatic carbocycles. The van der Waals surface area contributed by atoms with Crippen LogP contribution in [0.3, 0.4) is 0 Å². The molecule has 0 spiro atoms. The molecular formula is C24H21N. The molecule has 0 saturated carbocycles. The van der Waals surface area contributed by atoms with Gasteiger partial charge >= 0.3 is 0 Å². The summed E-state index contributed by atoms with van der Waals surface area (Å²) in [6, 6.07) is 23.8. The molecule has 0 aliphatic rings. The maximum Gasteiger partial charge on any atom is 0.0471 e. The largest absolute Gasteiger partial charge is 0.354 e. The monoisotopic (exact) mass is 323 g/mol. The third kappa shape index (κ3) is 2.89. The zero-order chi connectivity index (χ0) is 17.2. The van der Waals surface area contributed by atoms with Crippen molar-refractivity contribution in [2.45, 2.75) is 13.8 Å². The van der Waals surface area contributed by atoms with Gasteiger partial charge in [-0.3, -0.25) is 0 Å². The number of H-pyrrole nitrogens is 1. The predicted molar refractivity (Wildman–Crippen MR) is 110 cm³/mol. The minimum absolute atomic E-state index is 1.18. The summed E-state index contributed by atoms with van der Waals surface area (Å²) in [6.45, 7) is 4.19. The number of hydrogen-bond acceptors (Lipinski definition) is 0. The summed E-state index contributed by atoms with van der Waals surface area (Å²) in [7, 11) is 0. The number of fused-ring (bicyclic) bond motifs is 3. The van der Waals surface area contributed by atoms with Crippen molar-refractivity contribution < 1.29 is 0 Å². The van der Waals surface area contributed by atoms with Crippen molar-refractivity contribution in [3.05, 3.63) is 90.5 Å². The number of allylic oxidation sites excluding steroid dienone is 4. The predicted octanol–water partition coefficient (Wildman–Crippen LogP) is 6.97. The van der Waals surface area contributed by atoms with Crippen LogP contribution in [-0.2, 0) is 0 Å². The second-order valence-corrected chi connectivity index (χ2v) is 6.39. The highest BCUT2D eigenvalue weighted by Crippen LogP contribution is 2.31. The van der Waals surface area contributed by atoms with Gasteiger partial charge in [0.2, 0.25) is 0 Å². The Kier molecular flexibility index (Phi) is 3.99. The van der Waals surface area contributed by atoms with Crippen LogP contribution in [0.5, 0.6) is 0 Å². The van der Waals surface area contributed by atoms with Crippen molar-refractivity contribution >= 4 is 27.4 Å². The van der Waals surface area contributed by atoms with Crippen molar-refractivity contribution in [1.82, 2.24) is 4.98 Å². The van der Waals surface area contributed by atoms with Gasteiger partial charge in [0.25, 0.3) is 0 Å². The van der Waals surface area contributed by atoms with Crippen molar-refractivity contribution in [2.24, 2.45) is 0 Å². The van der Waals surface area contributed by atoms with Crippen LogP contribution in [0.4, 0.5) is 0 Å². The fraction of sp³-hybridized carbons (Fsp3) is 0.0833. The molecule has 25 heavy (non-hydrogen) atoms. The lowest BCUT2D eigenvalue weighted by atomic mass is 10.0. The molecule has 0 radical (unpaired) electrons. The zero-order valence-corrected chi connectivity index (χ0v) is 14.6. The number of rotatable bonds is 3. The van der Waals surface area contributed by atoms with Crippen molar-refractivity contribution in [3.63, 3.8) is 0 Å². The number of hydrogen-bond donors (Lipinski definition) is 1. The summed E-state index contributed by atoms with van der Waals surface area (Å²) in [6.07, 6.45) is 6.28. The molecular weight excluding hydrogens is 302 g/mol. The molecule has 1 heterocycles. The minimum Gasteiger partial charge on any atom is -0.354 e. The molecule has 0 fully saturated rings. The van der Waals surface area contributed by atoms with Gasteiger partial charge in [0.05, 0.1) is 0 Å². The fourth-order valence-corrected chi connectivity index (χ4v) is 3.30. The maximum atomic E-state index is 3.59. The molecule has 0 amide bonds. The molecule has 0 saturated heterocycles. The van der Waals surface area contributed by atoms with Crippen LogP contribution in [0.25, 0.3) is 38.5 Å². The first-order chi connectivity index (χ1) is 12.3. The Hall–Kier alpha value is -3.06. The van der Waals surface area contributed by atoms with E-state index < -0.39 is 0 Å². The SMILES string of the molecule is C/C=C\C=C(/C)c1ccc2c(c1)[nH]c1cc(-c3ccccc3)ccc12. The number of aromatic nitrogens is 1. The van der Waals surface area contributed by atoms with Gasteiger partial charge in [0.15, 0.2) is 0 Å². The Bertz CT molecular complexity index is 1100. The number of nitrogens with one attached hydrogen (secondary N) is 1. The third-order valence-corrected chi connectivity index (χ3v) is 4.70. The van der Waals surface area contributed by atoms with Crippen LogP contribution in [0.2, 0.25) is 0 Å². The lowest BCUT2D eigenvalue weighted by molar-refractivity contribution is 1.52. The lowest BCUT2D eigenvalue weighted by Crippen LogP contribution is -1.79. The minimum atomic E-state index is 1.18. The average molecular weight is 323 g/mol. The second-order valence-electron chi connectivity index (χ2n) is 6.39. The van der Waals surface area contributed by atoms with Crippen LogP contribution in [0.15, 0.2) is 85.0 Å². The van der Waals surface area contributed by atoms with Gasteiger partial charge < -0.3 is 4.98 Å². The Morgan fingerprint density at radius 3 is 2.28 bits per heavy atom. The molecule has 1 aromatic heterocycles. The van der Waals surface area contributed by atoms with E-state index in [1.807, 2.05) is 6.92 Å². The highest BCUT2D eigenvalue weighted by atomic mass is 14.7. The van der Waals surface area contributed by atoms with Crippen molar-refractivity contribution in [3.8, 4) is 11.1 Å². The van der Waals surface area contributed by atoms with Crippen LogP contribution in [0.1, 0.15) is 19.4 Å². The van der Waals surface area contributed by atoms with Gasteiger partial charge in [0.1, 0.15) is 0 Å². The normalized spacial score (nSPS) is 12.5. The Morgan fingerprint density at radius 1 is 0.800 bits per heavy atom. The van der Waals surface area contributed by atoms with Crippen LogP contribution in [-0.4, -0.2) is 4.98 Å². The summed E-state index contributed by atoms with van der Waals surface area (Å²) in [5.74, 6) is 0. The van der Waals surface area contributed by atoms with Crippen molar-refractivity contribution in [1.29, 1.82) is 0 Å². The first-order valence-corrected chi connectivity index (χ1v) is 8.67. The second kappa shape index (κ2) is 6.45. The molecule has 0 unspecified atom stereocenters. The fourth-order valence-electron chi connectivity index (χ4n) is 3.30. The Labute approximate surface area is 148 Å². The summed E-state index contributed by atoms with van der Waals surface area (Å²) < 4.78 is 0. The molecule has 4 aromatic rings. The van der Waals surface area contributed by atoms with Gasteiger partial charge in [0, 0.05) is 21.8 Å². The lowest BCUT2D eigenvalue weighted by Gasteiger charge is -2.02. The van der Waals surface area contributed by atoms with Gasteiger partial charge in [-0.1, -0.05) is 72.8 Å². The van der Waals surface area contributed by atoms with Gasteiger partial charge in [-0.05, 0) is 48.2 Å². The van der Waals surface area contributed by atoms with E-state index in [1.165, 1.54) is 44.1 Å². The first kappa shape index (κ1) is 15.5. The van der Waals surface area contributed by atoms with E-state index in [9.17, 15) is 0 Å². The molecule has 0 atom stereocenters. The van der Waals surface area contributed by atoms with E-state index in [0.29, 0.717) is 0 Å². The van der Waals surface area contributed by atoms with E-state index in [0.717, 1.165) is 0 Å². The molecule has 0 aliphatic heterocycles. The Balaban J connectivity index is 1.83. The third-order valence-electron chi connectivity index (χ3n) is 4.70. The molecule has 1 N–H and O–H groups in total. The smallest absolute Gasteiger partial charge is 0.0471 e. The van der Waals surface area contributed by atoms with E-state index in [4.69, 9.17) is 0 Å². The molecule has 0 bridgehead atoms. The van der Waals surface area contributed by atoms with E-state index in [-0.39, 0.29) is 0 Å². The topological polar surface area (TPSA) is 15.8 Å². The summed E-state index contributed by atoms with van der Waals surface area (Å²) in [5, 5.41) is 2.55. The number of aromatic amines is 1. The van der Waals surface area contributed by atoms with Gasteiger partial charge in [-0.2, -0.15) is 0 Å². The number of benzene rings is 3. The zero-order valence-electron chi connectivity index (χ0n) is 14.6. The van der Waals surface area contributed by atoms with E-state index in [1.54, 1.807) is 0 Å². The molecule has 1 heteroatoms. The van der Waals surface area contributed by atoms with Crippen LogP contribution >= 0.6 is 0 Å². The Morgan fingerprint density at radius 2 is 1.52 bits per heavy atom. The summed E-state index contributed by atoms with van der Waals surface area (Å²) >= 11 is 0.